The monoisotopic (exact) mass is 297 g/mol. The molecule has 1 saturated heterocycles. The minimum atomic E-state index is -0.803. The van der Waals surface area contributed by atoms with Crippen molar-refractivity contribution in [3.63, 3.8) is 0 Å². The van der Waals surface area contributed by atoms with Gasteiger partial charge in [-0.25, -0.2) is 0 Å². The molecule has 2 aromatic carbocycles. The molecular formula is C18H19NO3. The molecule has 2 aromatic rings. The van der Waals surface area contributed by atoms with E-state index in [1.54, 1.807) is 4.90 Å². The van der Waals surface area contributed by atoms with E-state index in [-0.39, 0.29) is 5.91 Å². The fourth-order valence-electron chi connectivity index (χ4n) is 3.04. The van der Waals surface area contributed by atoms with E-state index in [0.29, 0.717) is 25.9 Å². The first-order valence-corrected chi connectivity index (χ1v) is 7.62. The van der Waals surface area contributed by atoms with Crippen LogP contribution in [0.1, 0.15) is 18.4 Å². The second-order valence-corrected chi connectivity index (χ2v) is 5.88. The second kappa shape index (κ2) is 6.18. The van der Waals surface area contributed by atoms with Crippen molar-refractivity contribution in [2.24, 2.45) is 5.92 Å². The molecule has 1 aliphatic rings. The summed E-state index contributed by atoms with van der Waals surface area (Å²) in [4.78, 5) is 25.2. The van der Waals surface area contributed by atoms with E-state index in [4.69, 9.17) is 5.11 Å². The van der Waals surface area contributed by atoms with E-state index in [1.165, 1.54) is 0 Å². The molecule has 4 heteroatoms. The summed E-state index contributed by atoms with van der Waals surface area (Å²) in [5, 5.41) is 11.4. The Morgan fingerprint density at radius 1 is 1.14 bits per heavy atom. The van der Waals surface area contributed by atoms with Crippen molar-refractivity contribution in [1.82, 2.24) is 4.90 Å². The molecule has 22 heavy (non-hydrogen) atoms. The van der Waals surface area contributed by atoms with Gasteiger partial charge in [0.1, 0.15) is 0 Å². The van der Waals surface area contributed by atoms with E-state index in [1.807, 2.05) is 42.5 Å². The predicted molar refractivity (Wildman–Crippen MR) is 84.6 cm³/mol. The van der Waals surface area contributed by atoms with Crippen molar-refractivity contribution in [3.8, 4) is 0 Å². The van der Waals surface area contributed by atoms with E-state index in [2.05, 4.69) is 0 Å². The Kier molecular flexibility index (Phi) is 4.09. The van der Waals surface area contributed by atoms with Crippen molar-refractivity contribution in [2.45, 2.75) is 19.3 Å². The molecule has 1 atom stereocenters. The molecule has 0 spiro atoms. The Bertz CT molecular complexity index is 710. The van der Waals surface area contributed by atoms with Crippen molar-refractivity contribution in [3.05, 3.63) is 48.0 Å². The number of aliphatic carboxylic acids is 1. The molecule has 0 bridgehead atoms. The third-order valence-electron chi connectivity index (χ3n) is 4.29. The van der Waals surface area contributed by atoms with Gasteiger partial charge in [-0.2, -0.15) is 0 Å². The van der Waals surface area contributed by atoms with Crippen LogP contribution in [0.5, 0.6) is 0 Å². The SMILES string of the molecule is O=C(O)C1CCCN(C(=O)Cc2ccc3ccccc3c2)C1. The van der Waals surface area contributed by atoms with Crippen LogP contribution < -0.4 is 0 Å². The van der Waals surface area contributed by atoms with Crippen molar-refractivity contribution in [1.29, 1.82) is 0 Å². The maximum absolute atomic E-state index is 12.4. The lowest BCUT2D eigenvalue weighted by Crippen LogP contribution is -2.42. The van der Waals surface area contributed by atoms with Crippen LogP contribution in [-0.4, -0.2) is 35.0 Å². The number of carboxylic acid groups (broad SMARTS) is 1. The van der Waals surface area contributed by atoms with Crippen molar-refractivity contribution < 1.29 is 14.7 Å². The lowest BCUT2D eigenvalue weighted by molar-refractivity contribution is -0.145. The molecule has 1 N–H and O–H groups in total. The molecule has 1 aliphatic heterocycles. The maximum atomic E-state index is 12.4. The van der Waals surface area contributed by atoms with Gasteiger partial charge in [0.15, 0.2) is 0 Å². The topological polar surface area (TPSA) is 57.6 Å². The van der Waals surface area contributed by atoms with Crippen LogP contribution in [0.25, 0.3) is 10.8 Å². The average Bonchev–Trinajstić information content (AvgIpc) is 2.55. The highest BCUT2D eigenvalue weighted by Gasteiger charge is 2.27. The molecule has 1 unspecified atom stereocenters. The van der Waals surface area contributed by atoms with Crippen molar-refractivity contribution in [2.75, 3.05) is 13.1 Å². The summed E-state index contributed by atoms with van der Waals surface area (Å²) < 4.78 is 0. The summed E-state index contributed by atoms with van der Waals surface area (Å²) in [6, 6.07) is 14.1. The molecule has 3 rings (SSSR count). The normalized spacial score (nSPS) is 18.4. The first-order valence-electron chi connectivity index (χ1n) is 7.62. The zero-order valence-electron chi connectivity index (χ0n) is 12.4. The molecule has 1 amide bonds. The lowest BCUT2D eigenvalue weighted by Gasteiger charge is -2.30. The first kappa shape index (κ1) is 14.6. The summed E-state index contributed by atoms with van der Waals surface area (Å²) in [6.45, 7) is 0.998. The maximum Gasteiger partial charge on any atom is 0.308 e. The van der Waals surface area contributed by atoms with Crippen molar-refractivity contribution >= 4 is 22.6 Å². The number of fused-ring (bicyclic) bond motifs is 1. The minimum Gasteiger partial charge on any atom is -0.481 e. The Morgan fingerprint density at radius 2 is 1.91 bits per heavy atom. The van der Waals surface area contributed by atoms with Gasteiger partial charge in [0, 0.05) is 13.1 Å². The van der Waals surface area contributed by atoms with Gasteiger partial charge in [-0.3, -0.25) is 9.59 Å². The number of rotatable bonds is 3. The minimum absolute atomic E-state index is 0.0150. The number of carbonyl (C=O) groups is 2. The average molecular weight is 297 g/mol. The van der Waals surface area contributed by atoms with Gasteiger partial charge in [0.05, 0.1) is 12.3 Å². The molecular weight excluding hydrogens is 278 g/mol. The molecule has 1 fully saturated rings. The van der Waals surface area contributed by atoms with Crippen LogP contribution >= 0.6 is 0 Å². The smallest absolute Gasteiger partial charge is 0.308 e. The summed E-state index contributed by atoms with van der Waals surface area (Å²) in [7, 11) is 0. The zero-order valence-corrected chi connectivity index (χ0v) is 12.4. The number of hydrogen-bond acceptors (Lipinski definition) is 2. The third kappa shape index (κ3) is 3.11. The molecule has 0 saturated carbocycles. The Balaban J connectivity index is 1.71. The van der Waals surface area contributed by atoms with Gasteiger partial charge >= 0.3 is 5.97 Å². The van der Waals surface area contributed by atoms with Crippen LogP contribution in [-0.2, 0) is 16.0 Å². The molecule has 114 valence electrons. The van der Waals surface area contributed by atoms with Gasteiger partial charge in [0.2, 0.25) is 5.91 Å². The largest absolute Gasteiger partial charge is 0.481 e. The fraction of sp³-hybridized carbons (Fsp3) is 0.333. The standard InChI is InChI=1S/C18H19NO3/c20-17(19-9-3-6-16(12-19)18(21)22)11-13-7-8-14-4-1-2-5-15(14)10-13/h1-2,4-5,7-8,10,16H,3,6,9,11-12H2,(H,21,22). The first-order chi connectivity index (χ1) is 10.6. The molecule has 4 nitrogen and oxygen atoms in total. The van der Waals surface area contributed by atoms with E-state index >= 15 is 0 Å². The molecule has 1 heterocycles. The highest BCUT2D eigenvalue weighted by molar-refractivity contribution is 5.85. The van der Waals surface area contributed by atoms with Gasteiger partial charge in [-0.05, 0) is 29.2 Å². The van der Waals surface area contributed by atoms with E-state index in [9.17, 15) is 9.59 Å². The highest BCUT2D eigenvalue weighted by atomic mass is 16.4. The summed E-state index contributed by atoms with van der Waals surface area (Å²) in [5.74, 6) is -1.21. The number of piperidine rings is 1. The third-order valence-corrected chi connectivity index (χ3v) is 4.29. The number of nitrogens with zero attached hydrogens (tertiary/aromatic N) is 1. The number of carboxylic acids is 1. The van der Waals surface area contributed by atoms with Gasteiger partial charge in [-0.1, -0.05) is 42.5 Å². The molecule has 0 radical (unpaired) electrons. The van der Waals surface area contributed by atoms with Crippen LogP contribution in [0.15, 0.2) is 42.5 Å². The van der Waals surface area contributed by atoms with E-state index in [0.717, 1.165) is 22.8 Å². The molecule has 0 aromatic heterocycles. The Labute approximate surface area is 129 Å². The van der Waals surface area contributed by atoms with Crippen LogP contribution in [0.3, 0.4) is 0 Å². The lowest BCUT2D eigenvalue weighted by atomic mass is 9.97. The highest BCUT2D eigenvalue weighted by Crippen LogP contribution is 2.19. The zero-order chi connectivity index (χ0) is 15.5. The van der Waals surface area contributed by atoms with Crippen LogP contribution in [0.2, 0.25) is 0 Å². The van der Waals surface area contributed by atoms with E-state index < -0.39 is 11.9 Å². The second-order valence-electron chi connectivity index (χ2n) is 5.88. The Hall–Kier alpha value is -2.36. The Morgan fingerprint density at radius 3 is 2.68 bits per heavy atom. The number of benzene rings is 2. The number of carbonyl (C=O) groups excluding carboxylic acids is 1. The van der Waals surface area contributed by atoms with Gasteiger partial charge in [-0.15, -0.1) is 0 Å². The van der Waals surface area contributed by atoms with Gasteiger partial charge in [0.25, 0.3) is 0 Å². The number of likely N-dealkylation sites (tertiary alicyclic amines) is 1. The molecule has 0 aliphatic carbocycles. The van der Waals surface area contributed by atoms with Crippen LogP contribution in [0, 0.1) is 5.92 Å². The number of amides is 1. The summed E-state index contributed by atoms with van der Waals surface area (Å²) in [5.41, 5.74) is 0.973. The summed E-state index contributed by atoms with van der Waals surface area (Å²) >= 11 is 0. The number of hydrogen-bond donors (Lipinski definition) is 1. The predicted octanol–water partition coefficient (Wildman–Crippen LogP) is 2.71. The van der Waals surface area contributed by atoms with Gasteiger partial charge < -0.3 is 10.0 Å². The quantitative estimate of drug-likeness (QED) is 0.947. The van der Waals surface area contributed by atoms with Crippen LogP contribution in [0.4, 0.5) is 0 Å². The summed E-state index contributed by atoms with van der Waals surface area (Å²) in [6.07, 6.45) is 1.76. The fourth-order valence-corrected chi connectivity index (χ4v) is 3.04.